The molecule has 0 atom stereocenters. The van der Waals surface area contributed by atoms with E-state index in [4.69, 9.17) is 17.3 Å². The van der Waals surface area contributed by atoms with Gasteiger partial charge >= 0.3 is 6.09 Å². The zero-order chi connectivity index (χ0) is 25.2. The van der Waals surface area contributed by atoms with Gasteiger partial charge in [-0.2, -0.15) is 0 Å². The molecule has 3 aromatic carbocycles. The van der Waals surface area contributed by atoms with Crippen molar-refractivity contribution < 1.29 is 18.3 Å². The van der Waals surface area contributed by atoms with Gasteiger partial charge < -0.3 is 10.8 Å². The molecule has 0 radical (unpaired) electrons. The Kier molecular flexibility index (Phi) is 7.11. The number of hydrogen-bond acceptors (Lipinski definition) is 5. The number of carbonyl (C=O) groups is 1. The average Bonchev–Trinajstić information content (AvgIpc) is 3.22. The van der Waals surface area contributed by atoms with Crippen LogP contribution in [0.3, 0.4) is 0 Å². The van der Waals surface area contributed by atoms with Crippen LogP contribution in [-0.4, -0.2) is 40.0 Å². The predicted molar refractivity (Wildman–Crippen MR) is 135 cm³/mol. The molecule has 0 saturated heterocycles. The van der Waals surface area contributed by atoms with Crippen molar-refractivity contribution in [1.29, 1.82) is 0 Å². The van der Waals surface area contributed by atoms with Crippen molar-refractivity contribution in [3.8, 4) is 5.69 Å². The molecule has 1 heterocycles. The number of aromatic nitrogens is 2. The SMILES string of the molecule is CCc1nc2ccc(Cl)cc2n1-c1ccc(CCN(C(=O)O)S(=O)(=O)c2ccc(CN)cc2)cc1. The first-order valence-electron chi connectivity index (χ1n) is 11.1. The number of fused-ring (bicyclic) bond motifs is 1. The summed E-state index contributed by atoms with van der Waals surface area (Å²) >= 11 is 6.20. The fraction of sp³-hybridized carbons (Fsp3) is 0.200. The summed E-state index contributed by atoms with van der Waals surface area (Å²) < 4.78 is 28.3. The first kappa shape index (κ1) is 24.7. The van der Waals surface area contributed by atoms with Crippen LogP contribution >= 0.6 is 11.6 Å². The number of halogens is 1. The monoisotopic (exact) mass is 512 g/mol. The molecule has 0 saturated carbocycles. The Labute approximate surface area is 208 Å². The van der Waals surface area contributed by atoms with Gasteiger partial charge in [-0.15, -0.1) is 0 Å². The van der Waals surface area contributed by atoms with Crippen molar-refractivity contribution in [3.63, 3.8) is 0 Å². The van der Waals surface area contributed by atoms with Crippen molar-refractivity contribution >= 4 is 38.8 Å². The van der Waals surface area contributed by atoms with Gasteiger partial charge in [-0.25, -0.2) is 22.5 Å². The van der Waals surface area contributed by atoms with Crippen LogP contribution in [0.15, 0.2) is 71.6 Å². The van der Waals surface area contributed by atoms with E-state index in [-0.39, 0.29) is 24.4 Å². The molecule has 0 aliphatic heterocycles. The Bertz CT molecular complexity index is 1470. The summed E-state index contributed by atoms with van der Waals surface area (Å²) in [5.41, 5.74) is 9.74. The number of imidazole rings is 1. The summed E-state index contributed by atoms with van der Waals surface area (Å²) in [7, 11) is -4.21. The third kappa shape index (κ3) is 5.02. The van der Waals surface area contributed by atoms with Crippen LogP contribution in [0.5, 0.6) is 0 Å². The molecule has 0 unspecified atom stereocenters. The smallest absolute Gasteiger partial charge is 0.421 e. The number of sulfonamides is 1. The molecule has 182 valence electrons. The highest BCUT2D eigenvalue weighted by molar-refractivity contribution is 7.89. The highest BCUT2D eigenvalue weighted by atomic mass is 35.5. The zero-order valence-corrected chi connectivity index (χ0v) is 20.6. The second kappa shape index (κ2) is 10.1. The maximum atomic E-state index is 12.9. The van der Waals surface area contributed by atoms with Gasteiger partial charge in [-0.3, -0.25) is 4.57 Å². The molecule has 1 amide bonds. The second-order valence-corrected chi connectivity index (χ2v) is 10.3. The summed E-state index contributed by atoms with van der Waals surface area (Å²) in [5.74, 6) is 0.888. The van der Waals surface area contributed by atoms with Crippen LogP contribution in [0.25, 0.3) is 16.7 Å². The Morgan fingerprint density at radius 2 is 1.71 bits per heavy atom. The van der Waals surface area contributed by atoms with Crippen molar-refractivity contribution in [1.82, 2.24) is 13.9 Å². The van der Waals surface area contributed by atoms with E-state index in [0.717, 1.165) is 40.1 Å². The summed E-state index contributed by atoms with van der Waals surface area (Å²) in [6.45, 7) is 2.08. The van der Waals surface area contributed by atoms with Crippen molar-refractivity contribution in [2.45, 2.75) is 31.2 Å². The van der Waals surface area contributed by atoms with Gasteiger partial charge in [0, 0.05) is 30.2 Å². The van der Waals surface area contributed by atoms with Gasteiger partial charge in [0.1, 0.15) is 5.82 Å². The average molecular weight is 513 g/mol. The molecule has 0 aliphatic rings. The Morgan fingerprint density at radius 3 is 2.31 bits per heavy atom. The highest BCUT2D eigenvalue weighted by Gasteiger charge is 2.28. The van der Waals surface area contributed by atoms with Gasteiger partial charge in [0.15, 0.2) is 0 Å². The van der Waals surface area contributed by atoms with Crippen LogP contribution in [-0.2, 0) is 29.4 Å². The maximum absolute atomic E-state index is 12.9. The lowest BCUT2D eigenvalue weighted by Gasteiger charge is -2.19. The van der Waals surface area contributed by atoms with Gasteiger partial charge in [0.25, 0.3) is 10.0 Å². The summed E-state index contributed by atoms with van der Waals surface area (Å²) in [5, 5.41) is 10.2. The topological polar surface area (TPSA) is 119 Å². The standard InChI is InChI=1S/C25H25ClN4O4S/c1-2-24-28-22-12-7-19(26)15-23(22)30(24)20-8-3-17(4-9-20)13-14-29(25(31)32)35(33,34)21-10-5-18(16-27)6-11-21/h3-12,15H,2,13-14,16,27H2,1H3,(H,31,32). The fourth-order valence-electron chi connectivity index (χ4n) is 3.91. The Hall–Kier alpha value is -3.40. The third-order valence-corrected chi connectivity index (χ3v) is 7.78. The number of aryl methyl sites for hydroxylation is 1. The molecule has 35 heavy (non-hydrogen) atoms. The minimum atomic E-state index is -4.21. The number of hydrogen-bond donors (Lipinski definition) is 2. The van der Waals surface area contributed by atoms with Gasteiger partial charge in [0.05, 0.1) is 15.9 Å². The van der Waals surface area contributed by atoms with E-state index in [0.29, 0.717) is 9.33 Å². The fourth-order valence-corrected chi connectivity index (χ4v) is 5.35. The highest BCUT2D eigenvalue weighted by Crippen LogP contribution is 2.25. The third-order valence-electron chi connectivity index (χ3n) is 5.76. The van der Waals surface area contributed by atoms with Crippen LogP contribution in [0.1, 0.15) is 23.9 Å². The first-order chi connectivity index (χ1) is 16.7. The molecule has 0 aliphatic carbocycles. The molecule has 3 N–H and O–H groups in total. The lowest BCUT2D eigenvalue weighted by molar-refractivity contribution is 0.172. The van der Waals surface area contributed by atoms with E-state index in [2.05, 4.69) is 4.98 Å². The van der Waals surface area contributed by atoms with Gasteiger partial charge in [0.2, 0.25) is 0 Å². The molecule has 1 aromatic heterocycles. The number of carboxylic acid groups (broad SMARTS) is 1. The molecule has 4 aromatic rings. The maximum Gasteiger partial charge on any atom is 0.421 e. The molecular formula is C25H25ClN4O4S. The van der Waals surface area contributed by atoms with E-state index < -0.39 is 16.1 Å². The molecule has 0 fully saturated rings. The van der Waals surface area contributed by atoms with E-state index in [9.17, 15) is 18.3 Å². The van der Waals surface area contributed by atoms with Crippen LogP contribution in [0, 0.1) is 0 Å². The quantitative estimate of drug-likeness (QED) is 0.356. The number of amides is 1. The van der Waals surface area contributed by atoms with E-state index in [1.807, 2.05) is 47.9 Å². The number of benzene rings is 3. The Balaban J connectivity index is 1.56. The number of nitrogens with two attached hydrogens (primary N) is 1. The van der Waals surface area contributed by atoms with Crippen molar-refractivity contribution in [2.75, 3.05) is 6.54 Å². The lowest BCUT2D eigenvalue weighted by Crippen LogP contribution is -2.37. The minimum absolute atomic E-state index is 0.0924. The minimum Gasteiger partial charge on any atom is -0.464 e. The van der Waals surface area contributed by atoms with E-state index >= 15 is 0 Å². The second-order valence-electron chi connectivity index (χ2n) is 7.97. The summed E-state index contributed by atoms with van der Waals surface area (Å²) in [6.07, 6.45) is -0.575. The molecule has 0 bridgehead atoms. The molecule has 0 spiro atoms. The Morgan fingerprint density at radius 1 is 1.06 bits per heavy atom. The largest absolute Gasteiger partial charge is 0.464 e. The normalized spacial score (nSPS) is 11.6. The van der Waals surface area contributed by atoms with Crippen LogP contribution in [0.2, 0.25) is 5.02 Å². The van der Waals surface area contributed by atoms with Crippen molar-refractivity contribution in [3.05, 3.63) is 88.7 Å². The summed E-state index contributed by atoms with van der Waals surface area (Å²) in [6, 6.07) is 19.0. The van der Waals surface area contributed by atoms with Gasteiger partial charge in [-0.1, -0.05) is 42.8 Å². The molecule has 4 rings (SSSR count). The first-order valence-corrected chi connectivity index (χ1v) is 12.9. The summed E-state index contributed by atoms with van der Waals surface area (Å²) in [4.78, 5) is 16.4. The predicted octanol–water partition coefficient (Wildman–Crippen LogP) is 4.61. The molecular weight excluding hydrogens is 488 g/mol. The van der Waals surface area contributed by atoms with E-state index in [1.165, 1.54) is 12.1 Å². The number of rotatable bonds is 8. The number of nitrogens with zero attached hydrogens (tertiary/aromatic N) is 3. The van der Waals surface area contributed by atoms with E-state index in [1.54, 1.807) is 18.2 Å². The molecule has 10 heteroatoms. The van der Waals surface area contributed by atoms with Gasteiger partial charge in [-0.05, 0) is 60.0 Å². The zero-order valence-electron chi connectivity index (χ0n) is 19.1. The van der Waals surface area contributed by atoms with Crippen LogP contribution < -0.4 is 5.73 Å². The van der Waals surface area contributed by atoms with Crippen molar-refractivity contribution in [2.24, 2.45) is 5.73 Å². The molecule has 8 nitrogen and oxygen atoms in total. The lowest BCUT2D eigenvalue weighted by atomic mass is 10.1. The van der Waals surface area contributed by atoms with Crippen LogP contribution in [0.4, 0.5) is 4.79 Å².